The second-order valence-corrected chi connectivity index (χ2v) is 7.82. The molecule has 4 heteroatoms. The van der Waals surface area contributed by atoms with E-state index < -0.39 is 0 Å². The van der Waals surface area contributed by atoms with E-state index >= 15 is 0 Å². The Morgan fingerprint density at radius 1 is 1.08 bits per heavy atom. The van der Waals surface area contributed by atoms with Gasteiger partial charge in [-0.2, -0.15) is 0 Å². The zero-order valence-corrected chi connectivity index (χ0v) is 16.1. The van der Waals surface area contributed by atoms with Crippen molar-refractivity contribution in [3.8, 4) is 0 Å². The zero-order chi connectivity index (χ0) is 17.7. The summed E-state index contributed by atoms with van der Waals surface area (Å²) < 4.78 is 0. The van der Waals surface area contributed by atoms with Crippen LogP contribution in [0, 0.1) is 0 Å². The average molecular weight is 346 g/mol. The van der Waals surface area contributed by atoms with Crippen molar-refractivity contribution in [2.45, 2.75) is 59.3 Å². The molecule has 3 nitrogen and oxygen atoms in total. The van der Waals surface area contributed by atoms with Crippen LogP contribution < -0.4 is 10.2 Å². The average Bonchev–Trinajstić information content (AvgIpc) is 2.52. The fourth-order valence-corrected chi connectivity index (χ4v) is 2.59. The highest BCUT2D eigenvalue weighted by atomic mass is 35.5. The number of halogens is 1. The topological polar surface area (TPSA) is 28.2 Å². The maximum atomic E-state index is 6.35. The Morgan fingerprint density at radius 3 is 2.33 bits per heavy atom. The molecule has 0 saturated heterocycles. The predicted molar refractivity (Wildman–Crippen MR) is 104 cm³/mol. The number of hydrogen-bond acceptors (Lipinski definition) is 3. The van der Waals surface area contributed by atoms with E-state index in [0.29, 0.717) is 17.6 Å². The number of nitrogens with zero attached hydrogens (tertiary/aromatic N) is 2. The van der Waals surface area contributed by atoms with Crippen LogP contribution in [0.2, 0.25) is 5.02 Å². The standard InChI is InChI=1S/C20H28ClN3/c1-15(2)24(14-16-9-7-6-8-10-16)19-12-11-17(21)18(23-19)13-22-20(3,4)5/h6-12,15,22H,13-14H2,1-5H3. The molecule has 1 aromatic heterocycles. The minimum atomic E-state index is 0.0305. The minimum Gasteiger partial charge on any atom is -0.350 e. The molecular weight excluding hydrogens is 318 g/mol. The minimum absolute atomic E-state index is 0.0305. The van der Waals surface area contributed by atoms with E-state index in [2.05, 4.69) is 69.1 Å². The molecule has 1 N–H and O–H groups in total. The molecule has 0 aliphatic carbocycles. The second-order valence-electron chi connectivity index (χ2n) is 7.41. The van der Waals surface area contributed by atoms with Crippen LogP contribution in [-0.2, 0) is 13.1 Å². The molecule has 130 valence electrons. The van der Waals surface area contributed by atoms with Gasteiger partial charge in [0.2, 0.25) is 0 Å². The summed E-state index contributed by atoms with van der Waals surface area (Å²) >= 11 is 6.35. The van der Waals surface area contributed by atoms with Crippen LogP contribution in [0.3, 0.4) is 0 Å². The lowest BCUT2D eigenvalue weighted by Gasteiger charge is -2.29. The van der Waals surface area contributed by atoms with Crippen LogP contribution in [0.4, 0.5) is 5.82 Å². The highest BCUT2D eigenvalue weighted by Gasteiger charge is 2.16. The van der Waals surface area contributed by atoms with Crippen LogP contribution >= 0.6 is 11.6 Å². The molecule has 0 bridgehead atoms. The number of aromatic nitrogens is 1. The highest BCUT2D eigenvalue weighted by Crippen LogP contribution is 2.23. The summed E-state index contributed by atoms with van der Waals surface area (Å²) in [5, 5.41) is 4.17. The lowest BCUT2D eigenvalue weighted by atomic mass is 10.1. The fraction of sp³-hybridized carbons (Fsp3) is 0.450. The van der Waals surface area contributed by atoms with E-state index in [1.165, 1.54) is 5.56 Å². The Balaban J connectivity index is 2.23. The van der Waals surface area contributed by atoms with E-state index in [1.807, 2.05) is 18.2 Å². The molecule has 0 atom stereocenters. The van der Waals surface area contributed by atoms with Crippen molar-refractivity contribution in [2.75, 3.05) is 4.90 Å². The summed E-state index contributed by atoms with van der Waals surface area (Å²) in [6, 6.07) is 14.8. The molecular formula is C20H28ClN3. The third kappa shape index (κ3) is 5.50. The van der Waals surface area contributed by atoms with Crippen molar-refractivity contribution in [3.05, 3.63) is 58.7 Å². The summed E-state index contributed by atoms with van der Waals surface area (Å²) in [4.78, 5) is 7.12. The van der Waals surface area contributed by atoms with Crippen molar-refractivity contribution in [1.29, 1.82) is 0 Å². The van der Waals surface area contributed by atoms with E-state index in [0.717, 1.165) is 18.1 Å². The Kier molecular flexibility index (Phi) is 6.25. The fourth-order valence-electron chi connectivity index (χ4n) is 2.41. The lowest BCUT2D eigenvalue weighted by Crippen LogP contribution is -2.36. The molecule has 2 aromatic rings. The zero-order valence-electron chi connectivity index (χ0n) is 15.3. The van der Waals surface area contributed by atoms with Crippen LogP contribution in [0.15, 0.2) is 42.5 Å². The van der Waals surface area contributed by atoms with Crippen molar-refractivity contribution in [3.63, 3.8) is 0 Å². The molecule has 0 spiro atoms. The lowest BCUT2D eigenvalue weighted by molar-refractivity contribution is 0.421. The first kappa shape index (κ1) is 18.8. The number of nitrogens with one attached hydrogen (secondary N) is 1. The highest BCUT2D eigenvalue weighted by molar-refractivity contribution is 6.31. The smallest absolute Gasteiger partial charge is 0.129 e. The van der Waals surface area contributed by atoms with Gasteiger partial charge in [-0.15, -0.1) is 0 Å². The second kappa shape index (κ2) is 8.00. The molecule has 24 heavy (non-hydrogen) atoms. The van der Waals surface area contributed by atoms with Gasteiger partial charge in [0, 0.05) is 24.7 Å². The largest absolute Gasteiger partial charge is 0.350 e. The van der Waals surface area contributed by atoms with Crippen LogP contribution in [0.1, 0.15) is 45.9 Å². The quantitative estimate of drug-likeness (QED) is 0.795. The van der Waals surface area contributed by atoms with Gasteiger partial charge in [-0.1, -0.05) is 41.9 Å². The summed E-state index contributed by atoms with van der Waals surface area (Å²) in [5.41, 5.74) is 2.20. The van der Waals surface area contributed by atoms with Crippen molar-refractivity contribution in [1.82, 2.24) is 10.3 Å². The molecule has 0 saturated carbocycles. The van der Waals surface area contributed by atoms with Gasteiger partial charge >= 0.3 is 0 Å². The Bertz CT molecular complexity index is 648. The van der Waals surface area contributed by atoms with E-state index in [1.54, 1.807) is 0 Å². The Hall–Kier alpha value is -1.58. The predicted octanol–water partition coefficient (Wildman–Crippen LogP) is 5.04. The summed E-state index contributed by atoms with van der Waals surface area (Å²) in [6.07, 6.45) is 0. The first-order valence-corrected chi connectivity index (χ1v) is 8.85. The number of rotatable bonds is 6. The molecule has 1 aromatic carbocycles. The molecule has 0 aliphatic heterocycles. The maximum absolute atomic E-state index is 6.35. The molecule has 0 amide bonds. The van der Waals surface area contributed by atoms with Gasteiger partial charge in [-0.25, -0.2) is 4.98 Å². The van der Waals surface area contributed by atoms with Gasteiger partial charge in [0.05, 0.1) is 10.7 Å². The first-order valence-electron chi connectivity index (χ1n) is 8.47. The summed E-state index contributed by atoms with van der Waals surface area (Å²) in [5.74, 6) is 0.962. The number of benzene rings is 1. The van der Waals surface area contributed by atoms with E-state index in [4.69, 9.17) is 16.6 Å². The van der Waals surface area contributed by atoms with Gasteiger partial charge in [0.15, 0.2) is 0 Å². The van der Waals surface area contributed by atoms with Gasteiger partial charge in [-0.05, 0) is 52.3 Å². The van der Waals surface area contributed by atoms with Gasteiger partial charge in [0.1, 0.15) is 5.82 Å². The maximum Gasteiger partial charge on any atom is 0.129 e. The first-order chi connectivity index (χ1) is 11.3. The van der Waals surface area contributed by atoms with E-state index in [9.17, 15) is 0 Å². The third-order valence-corrected chi connectivity index (χ3v) is 4.15. The third-order valence-electron chi connectivity index (χ3n) is 3.80. The molecule has 0 unspecified atom stereocenters. The molecule has 1 heterocycles. The van der Waals surface area contributed by atoms with Crippen molar-refractivity contribution < 1.29 is 0 Å². The molecule has 0 radical (unpaired) electrons. The van der Waals surface area contributed by atoms with Gasteiger partial charge in [0.25, 0.3) is 0 Å². The molecule has 0 fully saturated rings. The van der Waals surface area contributed by atoms with E-state index in [-0.39, 0.29) is 5.54 Å². The summed E-state index contributed by atoms with van der Waals surface area (Å²) in [7, 11) is 0. The Labute approximate surface area is 151 Å². The molecule has 2 rings (SSSR count). The van der Waals surface area contributed by atoms with Crippen molar-refractivity contribution >= 4 is 17.4 Å². The Morgan fingerprint density at radius 2 is 1.75 bits per heavy atom. The van der Waals surface area contributed by atoms with Crippen LogP contribution in [-0.4, -0.2) is 16.6 Å². The SMILES string of the molecule is CC(C)N(Cc1ccccc1)c1ccc(Cl)c(CNC(C)(C)C)n1. The number of anilines is 1. The normalized spacial score (nSPS) is 11.8. The van der Waals surface area contributed by atoms with Crippen LogP contribution in [0.25, 0.3) is 0 Å². The monoisotopic (exact) mass is 345 g/mol. The number of pyridine rings is 1. The van der Waals surface area contributed by atoms with Crippen LogP contribution in [0.5, 0.6) is 0 Å². The van der Waals surface area contributed by atoms with Gasteiger partial charge in [-0.3, -0.25) is 0 Å². The van der Waals surface area contributed by atoms with Gasteiger partial charge < -0.3 is 10.2 Å². The van der Waals surface area contributed by atoms with Crippen molar-refractivity contribution in [2.24, 2.45) is 0 Å². The summed E-state index contributed by atoms with van der Waals surface area (Å²) in [6.45, 7) is 12.3. The number of hydrogen-bond donors (Lipinski definition) is 1. The molecule has 0 aliphatic rings.